The summed E-state index contributed by atoms with van der Waals surface area (Å²) in [6, 6.07) is 3.94. The van der Waals surface area contributed by atoms with Crippen LogP contribution < -0.4 is 5.73 Å². The van der Waals surface area contributed by atoms with Gasteiger partial charge in [-0.25, -0.2) is 4.99 Å². The quantitative estimate of drug-likeness (QED) is 0.572. The van der Waals surface area contributed by atoms with Crippen LogP contribution in [0, 0.1) is 19.8 Å². The number of aryl methyl sites for hydroxylation is 2. The summed E-state index contributed by atoms with van der Waals surface area (Å²) in [5.74, 6) is 1.29. The van der Waals surface area contributed by atoms with Crippen LogP contribution in [0.4, 0.5) is 5.69 Å². The molecule has 0 atom stereocenters. The van der Waals surface area contributed by atoms with E-state index in [1.165, 1.54) is 12.8 Å². The largest absolute Gasteiger partial charge is 0.387 e. The van der Waals surface area contributed by atoms with E-state index in [4.69, 9.17) is 5.73 Å². The lowest BCUT2D eigenvalue weighted by atomic mass is 10.3. The second-order valence-corrected chi connectivity index (χ2v) is 3.87. The van der Waals surface area contributed by atoms with Crippen LogP contribution in [-0.2, 0) is 0 Å². The van der Waals surface area contributed by atoms with Gasteiger partial charge in [-0.2, -0.15) is 0 Å². The van der Waals surface area contributed by atoms with Crippen molar-refractivity contribution < 1.29 is 0 Å². The first-order chi connectivity index (χ1) is 6.66. The summed E-state index contributed by atoms with van der Waals surface area (Å²) in [6.07, 6.45) is 2.38. The molecule has 1 aromatic rings. The normalized spacial score (nSPS) is 17.1. The van der Waals surface area contributed by atoms with Crippen molar-refractivity contribution in [1.29, 1.82) is 0 Å². The average molecular weight is 189 g/mol. The third kappa shape index (κ3) is 1.92. The monoisotopic (exact) mass is 189 g/mol. The number of hydrogen-bond donors (Lipinski definition) is 1. The van der Waals surface area contributed by atoms with Crippen molar-refractivity contribution in [2.45, 2.75) is 26.7 Å². The van der Waals surface area contributed by atoms with Crippen LogP contribution in [0.2, 0.25) is 0 Å². The lowest BCUT2D eigenvalue weighted by Gasteiger charge is -2.02. The van der Waals surface area contributed by atoms with Crippen molar-refractivity contribution in [1.82, 2.24) is 4.98 Å². The summed E-state index contributed by atoms with van der Waals surface area (Å²) in [6.45, 7) is 3.94. The van der Waals surface area contributed by atoms with E-state index in [9.17, 15) is 0 Å². The second kappa shape index (κ2) is 3.40. The topological polar surface area (TPSA) is 51.3 Å². The van der Waals surface area contributed by atoms with Gasteiger partial charge < -0.3 is 5.73 Å². The molecule has 0 aromatic carbocycles. The minimum absolute atomic E-state index is 0.524. The van der Waals surface area contributed by atoms with Crippen molar-refractivity contribution in [3.8, 4) is 0 Å². The number of pyridine rings is 1. The number of nitrogens with two attached hydrogens (primary N) is 1. The Balaban J connectivity index is 2.27. The maximum atomic E-state index is 5.84. The summed E-state index contributed by atoms with van der Waals surface area (Å²) in [7, 11) is 0. The van der Waals surface area contributed by atoms with E-state index in [0.717, 1.165) is 22.9 Å². The Morgan fingerprint density at radius 3 is 2.71 bits per heavy atom. The van der Waals surface area contributed by atoms with Crippen molar-refractivity contribution in [2.75, 3.05) is 0 Å². The molecule has 3 nitrogen and oxygen atoms in total. The van der Waals surface area contributed by atoms with E-state index in [2.05, 4.69) is 9.98 Å². The van der Waals surface area contributed by atoms with Gasteiger partial charge in [0.1, 0.15) is 5.84 Å². The zero-order valence-corrected chi connectivity index (χ0v) is 8.62. The highest BCUT2D eigenvalue weighted by molar-refractivity contribution is 5.87. The van der Waals surface area contributed by atoms with Gasteiger partial charge in [0, 0.05) is 11.6 Å². The highest BCUT2D eigenvalue weighted by Crippen LogP contribution is 2.30. The van der Waals surface area contributed by atoms with E-state index in [-0.39, 0.29) is 0 Å². The Hall–Kier alpha value is -1.38. The van der Waals surface area contributed by atoms with Gasteiger partial charge in [-0.1, -0.05) is 0 Å². The summed E-state index contributed by atoms with van der Waals surface area (Å²) in [5, 5.41) is 0. The van der Waals surface area contributed by atoms with Gasteiger partial charge in [-0.15, -0.1) is 0 Å². The van der Waals surface area contributed by atoms with Crippen LogP contribution in [0.5, 0.6) is 0 Å². The van der Waals surface area contributed by atoms with Gasteiger partial charge in [0.25, 0.3) is 0 Å². The maximum absolute atomic E-state index is 5.84. The average Bonchev–Trinajstić information content (AvgIpc) is 2.92. The van der Waals surface area contributed by atoms with Gasteiger partial charge in [0.15, 0.2) is 0 Å². The van der Waals surface area contributed by atoms with Crippen molar-refractivity contribution in [3.05, 3.63) is 23.5 Å². The molecule has 14 heavy (non-hydrogen) atoms. The minimum atomic E-state index is 0.524. The molecule has 0 radical (unpaired) electrons. The maximum Gasteiger partial charge on any atom is 0.103 e. The van der Waals surface area contributed by atoms with Crippen LogP contribution in [0.25, 0.3) is 0 Å². The summed E-state index contributed by atoms with van der Waals surface area (Å²) >= 11 is 0. The first-order valence-corrected chi connectivity index (χ1v) is 4.95. The molecular weight excluding hydrogens is 174 g/mol. The van der Waals surface area contributed by atoms with Crippen molar-refractivity contribution >= 4 is 11.5 Å². The van der Waals surface area contributed by atoms with Gasteiger partial charge in [-0.05, 0) is 38.8 Å². The Kier molecular flexibility index (Phi) is 2.23. The standard InChI is InChI=1S/C11H15N3/c1-7-3-6-10(8(2)13-7)14-11(12)9-4-5-9/h3,6,9H,4-5H2,1-2H3,(H2,12,14). The molecule has 1 fully saturated rings. The van der Waals surface area contributed by atoms with Crippen LogP contribution >= 0.6 is 0 Å². The summed E-state index contributed by atoms with van der Waals surface area (Å²) in [4.78, 5) is 8.74. The SMILES string of the molecule is Cc1ccc(N=C(N)C2CC2)c(C)n1. The van der Waals surface area contributed by atoms with Gasteiger partial charge in [-0.3, -0.25) is 4.98 Å². The molecule has 0 bridgehead atoms. The van der Waals surface area contributed by atoms with Gasteiger partial charge >= 0.3 is 0 Å². The Morgan fingerprint density at radius 1 is 1.43 bits per heavy atom. The number of nitrogens with zero attached hydrogens (tertiary/aromatic N) is 2. The lowest BCUT2D eigenvalue weighted by Crippen LogP contribution is -2.13. The van der Waals surface area contributed by atoms with Crippen LogP contribution in [0.1, 0.15) is 24.2 Å². The third-order valence-corrected chi connectivity index (χ3v) is 2.44. The first-order valence-electron chi connectivity index (χ1n) is 4.95. The van der Waals surface area contributed by atoms with Crippen LogP contribution in [-0.4, -0.2) is 10.8 Å². The molecule has 1 aliphatic carbocycles. The molecule has 0 aliphatic heterocycles. The lowest BCUT2D eigenvalue weighted by molar-refractivity contribution is 1.10. The zero-order valence-electron chi connectivity index (χ0n) is 8.62. The zero-order chi connectivity index (χ0) is 10.1. The Bertz CT molecular complexity index is 378. The molecule has 0 unspecified atom stereocenters. The number of hydrogen-bond acceptors (Lipinski definition) is 2. The predicted molar refractivity (Wildman–Crippen MR) is 57.7 cm³/mol. The number of rotatable bonds is 2. The molecular formula is C11H15N3. The number of amidine groups is 1. The van der Waals surface area contributed by atoms with Crippen LogP contribution in [0.3, 0.4) is 0 Å². The third-order valence-electron chi connectivity index (χ3n) is 2.44. The van der Waals surface area contributed by atoms with Crippen molar-refractivity contribution in [3.63, 3.8) is 0 Å². The molecule has 1 heterocycles. The molecule has 3 heteroatoms. The van der Waals surface area contributed by atoms with E-state index >= 15 is 0 Å². The summed E-state index contributed by atoms with van der Waals surface area (Å²) < 4.78 is 0. The van der Waals surface area contributed by atoms with Crippen molar-refractivity contribution in [2.24, 2.45) is 16.6 Å². The molecule has 1 aromatic heterocycles. The fourth-order valence-electron chi connectivity index (χ4n) is 1.41. The molecule has 2 N–H and O–H groups in total. The molecule has 1 saturated carbocycles. The minimum Gasteiger partial charge on any atom is -0.387 e. The fraction of sp³-hybridized carbons (Fsp3) is 0.455. The highest BCUT2D eigenvalue weighted by atomic mass is 14.9. The van der Waals surface area contributed by atoms with Crippen LogP contribution in [0.15, 0.2) is 17.1 Å². The molecule has 0 amide bonds. The number of aliphatic imine (C=N–C) groups is 1. The van der Waals surface area contributed by atoms with E-state index in [0.29, 0.717) is 5.92 Å². The van der Waals surface area contributed by atoms with E-state index in [1.807, 2.05) is 26.0 Å². The highest BCUT2D eigenvalue weighted by Gasteiger charge is 2.25. The Morgan fingerprint density at radius 2 is 2.14 bits per heavy atom. The molecule has 0 saturated heterocycles. The van der Waals surface area contributed by atoms with Gasteiger partial charge in [0.05, 0.1) is 11.4 Å². The molecule has 0 spiro atoms. The molecule has 2 rings (SSSR count). The smallest absolute Gasteiger partial charge is 0.103 e. The molecule has 1 aliphatic rings. The Labute approximate surface area is 84.1 Å². The predicted octanol–water partition coefficient (Wildman–Crippen LogP) is 2.10. The van der Waals surface area contributed by atoms with Gasteiger partial charge in [0.2, 0.25) is 0 Å². The second-order valence-electron chi connectivity index (χ2n) is 3.87. The van der Waals surface area contributed by atoms with E-state index in [1.54, 1.807) is 0 Å². The summed E-state index contributed by atoms with van der Waals surface area (Å²) in [5.41, 5.74) is 8.72. The number of aromatic nitrogens is 1. The molecule has 74 valence electrons. The fourth-order valence-corrected chi connectivity index (χ4v) is 1.41. The van der Waals surface area contributed by atoms with E-state index < -0.39 is 0 Å². The first kappa shape index (κ1) is 9.19.